The zero-order chi connectivity index (χ0) is 13.0. The van der Waals surface area contributed by atoms with Gasteiger partial charge in [0.05, 0.1) is 14.2 Å². The molecule has 2 fully saturated rings. The van der Waals surface area contributed by atoms with Gasteiger partial charge in [-0.05, 0) is 23.8 Å². The molecule has 2 atom stereocenters. The maximum absolute atomic E-state index is 12.0. The second-order valence-electron chi connectivity index (χ2n) is 5.31. The molecule has 0 bridgehead atoms. The van der Waals surface area contributed by atoms with Crippen molar-refractivity contribution in [2.75, 3.05) is 14.2 Å². The molecule has 0 radical (unpaired) electrons. The number of methoxy groups -OCH3 is 2. The highest BCUT2D eigenvalue weighted by Gasteiger charge is 2.85. The van der Waals surface area contributed by atoms with Crippen molar-refractivity contribution in [1.82, 2.24) is 0 Å². The van der Waals surface area contributed by atoms with E-state index in [-0.39, 0.29) is 11.3 Å². The van der Waals surface area contributed by atoms with Gasteiger partial charge < -0.3 is 9.47 Å². The highest BCUT2D eigenvalue weighted by Crippen LogP contribution is 2.81. The van der Waals surface area contributed by atoms with Gasteiger partial charge in [0.1, 0.15) is 0 Å². The van der Waals surface area contributed by atoms with Crippen molar-refractivity contribution < 1.29 is 19.1 Å². The Hall–Kier alpha value is -1.32. The molecule has 2 rings (SSSR count). The second kappa shape index (κ2) is 3.34. The number of fused-ring (bicyclic) bond motifs is 1. The average Bonchev–Trinajstić information content (AvgIpc) is 2.76. The summed E-state index contributed by atoms with van der Waals surface area (Å²) >= 11 is 0. The summed E-state index contributed by atoms with van der Waals surface area (Å²) in [4.78, 5) is 24.1. The zero-order valence-electron chi connectivity index (χ0n) is 10.9. The van der Waals surface area contributed by atoms with E-state index in [0.717, 1.165) is 5.57 Å². The molecule has 2 aliphatic rings. The molecular weight excluding hydrogens is 220 g/mol. The van der Waals surface area contributed by atoms with Gasteiger partial charge in [-0.15, -0.1) is 0 Å². The molecule has 0 spiro atoms. The molecule has 2 aliphatic carbocycles. The van der Waals surface area contributed by atoms with E-state index in [1.54, 1.807) is 0 Å². The Bertz CT molecular complexity index is 403. The van der Waals surface area contributed by atoms with Gasteiger partial charge in [-0.3, -0.25) is 9.59 Å². The van der Waals surface area contributed by atoms with Crippen LogP contribution in [0.3, 0.4) is 0 Å². The van der Waals surface area contributed by atoms with Crippen LogP contribution in [0.25, 0.3) is 0 Å². The summed E-state index contributed by atoms with van der Waals surface area (Å²) in [5, 5.41) is 0. The Kier molecular flexibility index (Phi) is 2.39. The normalized spacial score (nSPS) is 33.4. The first-order valence-corrected chi connectivity index (χ1v) is 5.74. The fourth-order valence-corrected chi connectivity index (χ4v) is 3.66. The van der Waals surface area contributed by atoms with Crippen LogP contribution in [0.2, 0.25) is 0 Å². The fraction of sp³-hybridized carbons (Fsp3) is 0.692. The maximum atomic E-state index is 12.0. The number of hydrogen-bond acceptors (Lipinski definition) is 4. The van der Waals surface area contributed by atoms with E-state index in [0.29, 0.717) is 5.92 Å². The van der Waals surface area contributed by atoms with Crippen molar-refractivity contribution >= 4 is 11.9 Å². The van der Waals surface area contributed by atoms with Crippen LogP contribution in [0.15, 0.2) is 11.6 Å². The van der Waals surface area contributed by atoms with E-state index in [4.69, 9.17) is 9.47 Å². The van der Waals surface area contributed by atoms with Gasteiger partial charge in [0.2, 0.25) is 0 Å². The Morgan fingerprint density at radius 1 is 1.18 bits per heavy atom. The first-order valence-electron chi connectivity index (χ1n) is 5.74. The third-order valence-corrected chi connectivity index (χ3v) is 4.41. The van der Waals surface area contributed by atoms with Crippen molar-refractivity contribution in [3.8, 4) is 0 Å². The van der Waals surface area contributed by atoms with E-state index < -0.39 is 17.4 Å². The molecular formula is C13H18O4. The highest BCUT2D eigenvalue weighted by atomic mass is 16.5. The van der Waals surface area contributed by atoms with E-state index in [2.05, 4.69) is 13.8 Å². The SMILES string of the molecule is C/C=C1\C2C(C1(C(=O)OC)C(=O)OC)C2(C)C. The third kappa shape index (κ3) is 1.08. The minimum atomic E-state index is -1.19. The summed E-state index contributed by atoms with van der Waals surface area (Å²) in [5.74, 6) is -0.666. The number of hydrogen-bond donors (Lipinski definition) is 0. The Morgan fingerprint density at radius 3 is 2.00 bits per heavy atom. The minimum Gasteiger partial charge on any atom is -0.468 e. The van der Waals surface area contributed by atoms with Crippen molar-refractivity contribution in [3.63, 3.8) is 0 Å². The molecule has 0 heterocycles. The molecule has 0 aromatic heterocycles. The molecule has 4 heteroatoms. The van der Waals surface area contributed by atoms with E-state index in [9.17, 15) is 9.59 Å². The van der Waals surface area contributed by atoms with E-state index in [1.165, 1.54) is 14.2 Å². The Morgan fingerprint density at radius 2 is 1.65 bits per heavy atom. The van der Waals surface area contributed by atoms with Gasteiger partial charge in [-0.25, -0.2) is 0 Å². The van der Waals surface area contributed by atoms with Gasteiger partial charge in [0, 0.05) is 5.92 Å². The first kappa shape index (κ1) is 12.1. The first-order chi connectivity index (χ1) is 7.90. The van der Waals surface area contributed by atoms with Crippen LogP contribution in [0.1, 0.15) is 20.8 Å². The largest absolute Gasteiger partial charge is 0.468 e. The lowest BCUT2D eigenvalue weighted by Crippen LogP contribution is -2.51. The van der Waals surface area contributed by atoms with Gasteiger partial charge in [-0.2, -0.15) is 0 Å². The quantitative estimate of drug-likeness (QED) is 0.416. The summed E-state index contributed by atoms with van der Waals surface area (Å²) in [7, 11) is 2.62. The van der Waals surface area contributed by atoms with Crippen LogP contribution in [-0.2, 0) is 19.1 Å². The van der Waals surface area contributed by atoms with Crippen molar-refractivity contribution in [1.29, 1.82) is 0 Å². The number of rotatable bonds is 2. The molecule has 0 saturated heterocycles. The summed E-state index contributed by atoms with van der Waals surface area (Å²) in [5.41, 5.74) is -0.359. The molecule has 17 heavy (non-hydrogen) atoms. The number of ether oxygens (including phenoxy) is 2. The van der Waals surface area contributed by atoms with Gasteiger partial charge >= 0.3 is 11.9 Å². The van der Waals surface area contributed by atoms with Gasteiger partial charge in [0.25, 0.3) is 0 Å². The standard InChI is InChI=1S/C13H18O4/c1-6-7-8-9(12(8,2)3)13(7,10(14)16-4)11(15)17-5/h6,8-9H,1-5H3/b7-6+. The second-order valence-corrected chi connectivity index (χ2v) is 5.31. The molecule has 94 valence electrons. The summed E-state index contributed by atoms with van der Waals surface area (Å²) in [6.45, 7) is 5.99. The Labute approximate surface area is 101 Å². The number of esters is 2. The van der Waals surface area contributed by atoms with E-state index >= 15 is 0 Å². The Balaban J connectivity index is 2.50. The third-order valence-electron chi connectivity index (χ3n) is 4.41. The topological polar surface area (TPSA) is 52.6 Å². The fourth-order valence-electron chi connectivity index (χ4n) is 3.66. The van der Waals surface area contributed by atoms with Crippen molar-refractivity contribution in [2.45, 2.75) is 20.8 Å². The van der Waals surface area contributed by atoms with Crippen LogP contribution >= 0.6 is 0 Å². The molecule has 0 amide bonds. The maximum Gasteiger partial charge on any atom is 0.327 e. The average molecular weight is 238 g/mol. The summed E-state index contributed by atoms with van der Waals surface area (Å²) < 4.78 is 9.64. The van der Waals surface area contributed by atoms with Crippen molar-refractivity contribution in [2.24, 2.45) is 22.7 Å². The van der Waals surface area contributed by atoms with Crippen LogP contribution < -0.4 is 0 Å². The smallest absolute Gasteiger partial charge is 0.327 e. The van der Waals surface area contributed by atoms with Gasteiger partial charge in [-0.1, -0.05) is 19.9 Å². The number of allylic oxidation sites excluding steroid dienone is 1. The molecule has 2 saturated carbocycles. The minimum absolute atomic E-state index is 0.0149. The molecule has 0 aromatic rings. The lowest BCUT2D eigenvalue weighted by atomic mass is 9.64. The lowest BCUT2D eigenvalue weighted by Gasteiger charge is -2.38. The monoisotopic (exact) mass is 238 g/mol. The summed E-state index contributed by atoms with van der Waals surface area (Å²) in [6, 6.07) is 0. The molecule has 4 nitrogen and oxygen atoms in total. The van der Waals surface area contributed by atoms with Crippen molar-refractivity contribution in [3.05, 3.63) is 11.6 Å². The van der Waals surface area contributed by atoms with Crippen LogP contribution in [-0.4, -0.2) is 26.2 Å². The lowest BCUT2D eigenvalue weighted by molar-refractivity contribution is -0.171. The molecule has 0 aliphatic heterocycles. The van der Waals surface area contributed by atoms with Crippen LogP contribution in [0, 0.1) is 22.7 Å². The van der Waals surface area contributed by atoms with Crippen LogP contribution in [0.4, 0.5) is 0 Å². The van der Waals surface area contributed by atoms with Crippen LogP contribution in [0.5, 0.6) is 0 Å². The van der Waals surface area contributed by atoms with Gasteiger partial charge in [0.15, 0.2) is 5.41 Å². The molecule has 0 aromatic carbocycles. The molecule has 0 N–H and O–H groups in total. The zero-order valence-corrected chi connectivity index (χ0v) is 10.9. The number of carbonyl (C=O) groups is 2. The predicted octanol–water partition coefficient (Wildman–Crippen LogP) is 1.55. The molecule has 2 unspecified atom stereocenters. The van der Waals surface area contributed by atoms with E-state index in [1.807, 2.05) is 13.0 Å². The number of carbonyl (C=O) groups excluding carboxylic acids is 2. The highest BCUT2D eigenvalue weighted by molar-refractivity contribution is 6.07. The predicted molar refractivity (Wildman–Crippen MR) is 61.0 cm³/mol. The summed E-state index contributed by atoms with van der Waals surface area (Å²) in [6.07, 6.45) is 1.85.